The van der Waals surface area contributed by atoms with Gasteiger partial charge in [0.25, 0.3) is 5.91 Å². The van der Waals surface area contributed by atoms with Crippen LogP contribution in [0.5, 0.6) is 0 Å². The summed E-state index contributed by atoms with van der Waals surface area (Å²) in [6.45, 7) is 8.64. The number of carbonyl (C=O) groups is 1. The molecule has 1 amide bonds. The molecule has 0 radical (unpaired) electrons. The quantitative estimate of drug-likeness (QED) is 0.898. The monoisotopic (exact) mass is 273 g/mol. The van der Waals surface area contributed by atoms with Gasteiger partial charge < -0.3 is 9.73 Å². The lowest BCUT2D eigenvalue weighted by Crippen LogP contribution is -2.36. The molecule has 1 N–H and O–H groups in total. The summed E-state index contributed by atoms with van der Waals surface area (Å²) in [5, 5.41) is 4.03. The number of carbonyl (C=O) groups excluding carboxylic acids is 1. The minimum Gasteiger partial charge on any atom is -0.451 e. The van der Waals surface area contributed by atoms with Gasteiger partial charge in [-0.25, -0.2) is 0 Å². The largest absolute Gasteiger partial charge is 0.451 e. The Hall–Kier alpha value is -1.77. The molecular weight excluding hydrogens is 250 g/mol. The Morgan fingerprint density at radius 3 is 2.60 bits per heavy atom. The molecule has 20 heavy (non-hydrogen) atoms. The van der Waals surface area contributed by atoms with Crippen molar-refractivity contribution in [1.29, 1.82) is 0 Å². The second-order valence-electron chi connectivity index (χ2n) is 6.49. The van der Waals surface area contributed by atoms with E-state index >= 15 is 0 Å². The Morgan fingerprint density at radius 2 is 2.00 bits per heavy atom. The van der Waals surface area contributed by atoms with Crippen LogP contribution in [0.3, 0.4) is 0 Å². The van der Waals surface area contributed by atoms with Crippen LogP contribution in [0.1, 0.15) is 51.1 Å². The van der Waals surface area contributed by atoms with E-state index in [1.807, 2.05) is 24.3 Å². The third-order valence-electron chi connectivity index (χ3n) is 3.34. The van der Waals surface area contributed by atoms with Crippen molar-refractivity contribution in [1.82, 2.24) is 5.32 Å². The zero-order valence-electron chi connectivity index (χ0n) is 12.7. The number of hydrogen-bond acceptors (Lipinski definition) is 2. The smallest absolute Gasteiger partial charge is 0.287 e. The predicted molar refractivity (Wildman–Crippen MR) is 81.8 cm³/mol. The van der Waals surface area contributed by atoms with E-state index in [0.717, 1.165) is 23.8 Å². The summed E-state index contributed by atoms with van der Waals surface area (Å²) in [6, 6.07) is 9.64. The molecule has 1 heterocycles. The van der Waals surface area contributed by atoms with Crippen molar-refractivity contribution in [2.24, 2.45) is 5.41 Å². The highest BCUT2D eigenvalue weighted by Crippen LogP contribution is 2.23. The summed E-state index contributed by atoms with van der Waals surface area (Å²) in [6.07, 6.45) is 1.87. The van der Waals surface area contributed by atoms with E-state index in [1.54, 1.807) is 6.07 Å². The summed E-state index contributed by atoms with van der Waals surface area (Å²) in [5.74, 6) is 0.260. The van der Waals surface area contributed by atoms with Gasteiger partial charge in [-0.1, -0.05) is 45.9 Å². The molecule has 108 valence electrons. The first-order valence-electron chi connectivity index (χ1n) is 7.18. The Morgan fingerprint density at radius 1 is 1.30 bits per heavy atom. The fourth-order valence-electron chi connectivity index (χ4n) is 2.39. The van der Waals surface area contributed by atoms with Crippen molar-refractivity contribution in [2.75, 3.05) is 0 Å². The molecule has 0 aliphatic heterocycles. The van der Waals surface area contributed by atoms with Gasteiger partial charge in [0.2, 0.25) is 0 Å². The van der Waals surface area contributed by atoms with Crippen LogP contribution in [-0.2, 0) is 0 Å². The number of furan rings is 1. The van der Waals surface area contributed by atoms with Gasteiger partial charge in [-0.2, -0.15) is 0 Å². The van der Waals surface area contributed by atoms with Crippen molar-refractivity contribution in [2.45, 2.75) is 46.6 Å². The molecule has 2 rings (SSSR count). The first-order valence-corrected chi connectivity index (χ1v) is 7.18. The van der Waals surface area contributed by atoms with E-state index in [4.69, 9.17) is 4.42 Å². The van der Waals surface area contributed by atoms with Crippen molar-refractivity contribution < 1.29 is 9.21 Å². The van der Waals surface area contributed by atoms with Gasteiger partial charge in [0.05, 0.1) is 0 Å². The highest BCUT2D eigenvalue weighted by Gasteiger charge is 2.21. The molecule has 0 bridgehead atoms. The number of rotatable bonds is 4. The second kappa shape index (κ2) is 5.70. The Kier molecular flexibility index (Phi) is 4.17. The van der Waals surface area contributed by atoms with E-state index < -0.39 is 0 Å². The predicted octanol–water partition coefficient (Wildman–Crippen LogP) is 4.38. The molecule has 3 nitrogen and oxygen atoms in total. The van der Waals surface area contributed by atoms with Gasteiger partial charge in [0, 0.05) is 11.4 Å². The lowest BCUT2D eigenvalue weighted by molar-refractivity contribution is 0.0899. The molecular formula is C17H23NO2. The summed E-state index contributed by atoms with van der Waals surface area (Å²) >= 11 is 0. The topological polar surface area (TPSA) is 42.2 Å². The van der Waals surface area contributed by atoms with Crippen LogP contribution in [0.4, 0.5) is 0 Å². The maximum absolute atomic E-state index is 12.3. The molecule has 1 aromatic heterocycles. The number of nitrogens with one attached hydrogen (secondary N) is 1. The first-order chi connectivity index (χ1) is 9.39. The van der Waals surface area contributed by atoms with Gasteiger partial charge in [-0.05, 0) is 30.4 Å². The number of fused-ring (bicyclic) bond motifs is 1. The van der Waals surface area contributed by atoms with Crippen molar-refractivity contribution in [3.8, 4) is 0 Å². The summed E-state index contributed by atoms with van der Waals surface area (Å²) < 4.78 is 5.59. The van der Waals surface area contributed by atoms with Gasteiger partial charge in [0.1, 0.15) is 5.58 Å². The first kappa shape index (κ1) is 14.6. The van der Waals surface area contributed by atoms with E-state index in [0.29, 0.717) is 5.76 Å². The van der Waals surface area contributed by atoms with E-state index in [1.165, 1.54) is 0 Å². The SMILES string of the molecule is CCC(CC(C)(C)C)NC(=O)c1cc2ccccc2o1. The average Bonchev–Trinajstić information content (AvgIpc) is 2.80. The van der Waals surface area contributed by atoms with Crippen LogP contribution >= 0.6 is 0 Å². The molecule has 1 aromatic carbocycles. The number of benzene rings is 1. The molecule has 0 aliphatic carbocycles. The van der Waals surface area contributed by atoms with E-state index in [9.17, 15) is 4.79 Å². The standard InChI is InChI=1S/C17H23NO2/c1-5-13(11-17(2,3)4)18-16(19)15-10-12-8-6-7-9-14(12)20-15/h6-10,13H,5,11H2,1-4H3,(H,18,19). The number of hydrogen-bond donors (Lipinski definition) is 1. The lowest BCUT2D eigenvalue weighted by Gasteiger charge is -2.25. The Bertz CT molecular complexity index is 559. The second-order valence-corrected chi connectivity index (χ2v) is 6.49. The Balaban J connectivity index is 2.10. The summed E-state index contributed by atoms with van der Waals surface area (Å²) in [7, 11) is 0. The maximum atomic E-state index is 12.3. The van der Waals surface area contributed by atoms with Gasteiger partial charge in [-0.3, -0.25) is 4.79 Å². The molecule has 3 heteroatoms. The molecule has 0 spiro atoms. The van der Waals surface area contributed by atoms with Crippen LogP contribution < -0.4 is 5.32 Å². The molecule has 2 aromatic rings. The van der Waals surface area contributed by atoms with Crippen LogP contribution in [0.25, 0.3) is 11.0 Å². The summed E-state index contributed by atoms with van der Waals surface area (Å²) in [5.41, 5.74) is 0.948. The lowest BCUT2D eigenvalue weighted by atomic mass is 9.87. The fourth-order valence-corrected chi connectivity index (χ4v) is 2.39. The van der Waals surface area contributed by atoms with Crippen LogP contribution in [0.15, 0.2) is 34.7 Å². The average molecular weight is 273 g/mol. The zero-order valence-corrected chi connectivity index (χ0v) is 12.7. The molecule has 1 atom stereocenters. The Labute approximate surface area is 120 Å². The zero-order chi connectivity index (χ0) is 14.8. The van der Waals surface area contributed by atoms with Crippen molar-refractivity contribution >= 4 is 16.9 Å². The minimum atomic E-state index is -0.127. The molecule has 0 saturated heterocycles. The number of para-hydroxylation sites is 1. The highest BCUT2D eigenvalue weighted by molar-refractivity contribution is 5.96. The van der Waals surface area contributed by atoms with Gasteiger partial charge in [-0.15, -0.1) is 0 Å². The maximum Gasteiger partial charge on any atom is 0.287 e. The third-order valence-corrected chi connectivity index (χ3v) is 3.34. The van der Waals surface area contributed by atoms with Crippen LogP contribution in [0, 0.1) is 5.41 Å². The highest BCUT2D eigenvalue weighted by atomic mass is 16.3. The van der Waals surface area contributed by atoms with Gasteiger partial charge >= 0.3 is 0 Å². The minimum absolute atomic E-state index is 0.127. The van der Waals surface area contributed by atoms with E-state index in [2.05, 4.69) is 33.0 Å². The molecule has 0 aliphatic rings. The van der Waals surface area contributed by atoms with Crippen molar-refractivity contribution in [3.05, 3.63) is 36.1 Å². The van der Waals surface area contributed by atoms with E-state index in [-0.39, 0.29) is 17.4 Å². The third kappa shape index (κ3) is 3.62. The van der Waals surface area contributed by atoms with Crippen LogP contribution in [0.2, 0.25) is 0 Å². The molecule has 0 fully saturated rings. The van der Waals surface area contributed by atoms with Crippen molar-refractivity contribution in [3.63, 3.8) is 0 Å². The fraction of sp³-hybridized carbons (Fsp3) is 0.471. The normalized spacial score (nSPS) is 13.4. The molecule has 0 saturated carbocycles. The van der Waals surface area contributed by atoms with Gasteiger partial charge in [0.15, 0.2) is 5.76 Å². The number of amides is 1. The van der Waals surface area contributed by atoms with Crippen LogP contribution in [-0.4, -0.2) is 11.9 Å². The summed E-state index contributed by atoms with van der Waals surface area (Å²) in [4.78, 5) is 12.3. The molecule has 1 unspecified atom stereocenters.